The Balaban J connectivity index is 2.04. The fraction of sp³-hybridized carbons (Fsp3) is 0.625. The van der Waals surface area contributed by atoms with Crippen molar-refractivity contribution in [2.24, 2.45) is 17.6 Å². The van der Waals surface area contributed by atoms with E-state index >= 15 is 0 Å². The lowest BCUT2D eigenvalue weighted by atomic mass is 9.70. The predicted octanol–water partition coefficient (Wildman–Crippen LogP) is 4.43. The highest BCUT2D eigenvalue weighted by molar-refractivity contribution is 6.30. The summed E-state index contributed by atoms with van der Waals surface area (Å²) >= 11 is 5.92. The van der Waals surface area contributed by atoms with Gasteiger partial charge in [-0.3, -0.25) is 0 Å². The van der Waals surface area contributed by atoms with Crippen molar-refractivity contribution < 1.29 is 0 Å². The average molecular weight is 266 g/mol. The van der Waals surface area contributed by atoms with E-state index < -0.39 is 0 Å². The van der Waals surface area contributed by atoms with Crippen LogP contribution in [0.4, 0.5) is 0 Å². The molecule has 0 bridgehead atoms. The summed E-state index contributed by atoms with van der Waals surface area (Å²) in [7, 11) is 0. The fourth-order valence-electron chi connectivity index (χ4n) is 3.18. The van der Waals surface area contributed by atoms with Crippen molar-refractivity contribution >= 4 is 11.6 Å². The molecule has 0 radical (unpaired) electrons. The van der Waals surface area contributed by atoms with E-state index in [0.717, 1.165) is 36.1 Å². The van der Waals surface area contributed by atoms with Crippen LogP contribution in [0.2, 0.25) is 5.02 Å². The van der Waals surface area contributed by atoms with Crippen LogP contribution < -0.4 is 5.73 Å². The van der Waals surface area contributed by atoms with E-state index in [0.29, 0.717) is 0 Å². The Labute approximate surface area is 116 Å². The summed E-state index contributed by atoms with van der Waals surface area (Å²) in [6.07, 6.45) is 5.91. The molecule has 2 N–H and O–H groups in total. The zero-order valence-electron chi connectivity index (χ0n) is 11.5. The quantitative estimate of drug-likeness (QED) is 0.860. The predicted molar refractivity (Wildman–Crippen MR) is 78.9 cm³/mol. The summed E-state index contributed by atoms with van der Waals surface area (Å²) in [5.74, 6) is 1.54. The summed E-state index contributed by atoms with van der Waals surface area (Å²) in [6.45, 7) is 4.64. The van der Waals surface area contributed by atoms with Gasteiger partial charge < -0.3 is 5.73 Å². The molecule has 1 nitrogen and oxygen atoms in total. The van der Waals surface area contributed by atoms with Gasteiger partial charge in [0.2, 0.25) is 0 Å². The fourth-order valence-corrected chi connectivity index (χ4v) is 3.31. The lowest BCUT2D eigenvalue weighted by Crippen LogP contribution is -2.47. The summed E-state index contributed by atoms with van der Waals surface area (Å²) in [6, 6.07) is 8.14. The van der Waals surface area contributed by atoms with E-state index in [2.05, 4.69) is 26.0 Å². The molecular weight excluding hydrogens is 242 g/mol. The van der Waals surface area contributed by atoms with Gasteiger partial charge in [-0.25, -0.2) is 0 Å². The molecule has 2 atom stereocenters. The smallest absolute Gasteiger partial charge is 0.0406 e. The number of hydrogen-bond donors (Lipinski definition) is 1. The minimum absolute atomic E-state index is 0.0129. The number of benzene rings is 1. The van der Waals surface area contributed by atoms with Crippen molar-refractivity contribution in [2.45, 2.75) is 51.5 Å². The van der Waals surface area contributed by atoms with E-state index in [9.17, 15) is 0 Å². The monoisotopic (exact) mass is 265 g/mol. The van der Waals surface area contributed by atoms with E-state index in [1.165, 1.54) is 18.4 Å². The first-order chi connectivity index (χ1) is 8.48. The molecule has 1 aromatic rings. The average Bonchev–Trinajstić information content (AvgIpc) is 2.32. The lowest BCUT2D eigenvalue weighted by molar-refractivity contribution is 0.182. The van der Waals surface area contributed by atoms with Crippen LogP contribution in [0.15, 0.2) is 24.3 Å². The normalized spacial score (nSPS) is 28.6. The molecule has 2 heteroatoms. The van der Waals surface area contributed by atoms with Crippen molar-refractivity contribution in [3.05, 3.63) is 34.9 Å². The molecule has 0 spiro atoms. The van der Waals surface area contributed by atoms with Gasteiger partial charge in [0.25, 0.3) is 0 Å². The van der Waals surface area contributed by atoms with Gasteiger partial charge in [0, 0.05) is 10.6 Å². The van der Waals surface area contributed by atoms with Gasteiger partial charge in [0.1, 0.15) is 0 Å². The van der Waals surface area contributed by atoms with Gasteiger partial charge in [0.15, 0.2) is 0 Å². The Hall–Kier alpha value is -0.530. The summed E-state index contributed by atoms with van der Waals surface area (Å²) in [4.78, 5) is 0. The van der Waals surface area contributed by atoms with Crippen molar-refractivity contribution in [3.8, 4) is 0 Å². The molecule has 0 aromatic heterocycles. The van der Waals surface area contributed by atoms with Gasteiger partial charge in [-0.05, 0) is 48.8 Å². The zero-order chi connectivity index (χ0) is 13.2. The Bertz CT molecular complexity index is 385. The molecule has 1 fully saturated rings. The van der Waals surface area contributed by atoms with E-state index in [1.807, 2.05) is 12.1 Å². The Kier molecular flexibility index (Phi) is 4.34. The molecular formula is C16H24ClN. The molecule has 1 saturated carbocycles. The number of hydrogen-bond acceptors (Lipinski definition) is 1. The minimum atomic E-state index is -0.0129. The summed E-state index contributed by atoms with van der Waals surface area (Å²) in [5.41, 5.74) is 7.92. The van der Waals surface area contributed by atoms with Crippen LogP contribution in [0.1, 0.15) is 45.1 Å². The van der Waals surface area contributed by atoms with Gasteiger partial charge in [0.05, 0.1) is 0 Å². The maximum Gasteiger partial charge on any atom is 0.0406 e. The Morgan fingerprint density at radius 2 is 2.00 bits per heavy atom. The molecule has 0 saturated heterocycles. The second-order valence-corrected chi connectivity index (χ2v) is 6.70. The van der Waals surface area contributed by atoms with E-state index in [4.69, 9.17) is 17.3 Å². The van der Waals surface area contributed by atoms with Crippen LogP contribution in [0, 0.1) is 11.8 Å². The third-order valence-electron chi connectivity index (χ3n) is 4.33. The molecule has 0 heterocycles. The van der Waals surface area contributed by atoms with Crippen molar-refractivity contribution in [2.75, 3.05) is 0 Å². The molecule has 1 aromatic carbocycles. The largest absolute Gasteiger partial charge is 0.325 e. The molecule has 2 rings (SSSR count). The van der Waals surface area contributed by atoms with Crippen molar-refractivity contribution in [3.63, 3.8) is 0 Å². The van der Waals surface area contributed by atoms with Crippen LogP contribution in [0.5, 0.6) is 0 Å². The third kappa shape index (κ3) is 3.49. The molecule has 2 unspecified atom stereocenters. The second kappa shape index (κ2) is 5.63. The molecule has 0 amide bonds. The molecule has 1 aliphatic carbocycles. The van der Waals surface area contributed by atoms with Crippen LogP contribution >= 0.6 is 11.6 Å². The highest BCUT2D eigenvalue weighted by Gasteiger charge is 2.33. The van der Waals surface area contributed by atoms with Crippen LogP contribution in [0.25, 0.3) is 0 Å². The standard InChI is InChI=1S/C16H24ClN/c1-12(2)14-4-3-9-16(18,11-14)10-13-5-7-15(17)8-6-13/h5-8,12,14H,3-4,9-11,18H2,1-2H3. The van der Waals surface area contributed by atoms with Gasteiger partial charge in [-0.15, -0.1) is 0 Å². The van der Waals surface area contributed by atoms with Gasteiger partial charge >= 0.3 is 0 Å². The van der Waals surface area contributed by atoms with Crippen molar-refractivity contribution in [1.29, 1.82) is 0 Å². The topological polar surface area (TPSA) is 26.0 Å². The van der Waals surface area contributed by atoms with Gasteiger partial charge in [-0.2, -0.15) is 0 Å². The highest BCUT2D eigenvalue weighted by atomic mass is 35.5. The van der Waals surface area contributed by atoms with Gasteiger partial charge in [-0.1, -0.05) is 50.4 Å². The summed E-state index contributed by atoms with van der Waals surface area (Å²) < 4.78 is 0. The van der Waals surface area contributed by atoms with E-state index in [1.54, 1.807) is 0 Å². The maximum atomic E-state index is 6.62. The van der Waals surface area contributed by atoms with Crippen LogP contribution in [-0.4, -0.2) is 5.54 Å². The lowest BCUT2D eigenvalue weighted by Gasteiger charge is -2.40. The Morgan fingerprint density at radius 3 is 2.61 bits per heavy atom. The maximum absolute atomic E-state index is 6.62. The number of halogens is 1. The molecule has 1 aliphatic rings. The Morgan fingerprint density at radius 1 is 1.33 bits per heavy atom. The SMILES string of the molecule is CC(C)C1CCCC(N)(Cc2ccc(Cl)cc2)C1. The second-order valence-electron chi connectivity index (χ2n) is 6.27. The van der Waals surface area contributed by atoms with Crippen molar-refractivity contribution in [1.82, 2.24) is 0 Å². The minimum Gasteiger partial charge on any atom is -0.325 e. The first-order valence-corrected chi connectivity index (χ1v) is 7.40. The highest BCUT2D eigenvalue weighted by Crippen LogP contribution is 2.36. The first kappa shape index (κ1) is 13.9. The van der Waals surface area contributed by atoms with E-state index in [-0.39, 0.29) is 5.54 Å². The number of nitrogens with two attached hydrogens (primary N) is 1. The third-order valence-corrected chi connectivity index (χ3v) is 4.58. The van der Waals surface area contributed by atoms with Crippen LogP contribution in [0.3, 0.4) is 0 Å². The molecule has 0 aliphatic heterocycles. The first-order valence-electron chi connectivity index (χ1n) is 7.02. The molecule has 18 heavy (non-hydrogen) atoms. The summed E-state index contributed by atoms with van der Waals surface area (Å²) in [5, 5.41) is 0.800. The zero-order valence-corrected chi connectivity index (χ0v) is 12.2. The van der Waals surface area contributed by atoms with Crippen LogP contribution in [-0.2, 0) is 6.42 Å². The number of rotatable bonds is 3. The molecule has 100 valence electrons.